The fourth-order valence-corrected chi connectivity index (χ4v) is 2.28. The highest BCUT2D eigenvalue weighted by Gasteiger charge is 2.21. The first-order chi connectivity index (χ1) is 7.75. The SMILES string of the molecule is Clc1ccc(Cl)c2c(CNC3CC3)coc12. The van der Waals surface area contributed by atoms with Crippen LogP contribution in [-0.2, 0) is 6.54 Å². The number of hydrogen-bond acceptors (Lipinski definition) is 2. The molecule has 0 unspecified atom stereocenters. The third-order valence-corrected chi connectivity index (χ3v) is 3.47. The van der Waals surface area contributed by atoms with Crippen molar-refractivity contribution in [3.05, 3.63) is 34.0 Å². The van der Waals surface area contributed by atoms with Crippen LogP contribution in [0, 0.1) is 0 Å². The molecule has 1 aliphatic carbocycles. The molecule has 1 saturated carbocycles. The second-order valence-corrected chi connectivity index (χ2v) is 4.96. The lowest BCUT2D eigenvalue weighted by Gasteiger charge is -2.01. The van der Waals surface area contributed by atoms with Gasteiger partial charge in [0, 0.05) is 23.5 Å². The van der Waals surface area contributed by atoms with E-state index in [2.05, 4.69) is 5.32 Å². The van der Waals surface area contributed by atoms with E-state index in [0.29, 0.717) is 21.7 Å². The molecule has 0 radical (unpaired) electrons. The maximum absolute atomic E-state index is 6.16. The molecule has 16 heavy (non-hydrogen) atoms. The fraction of sp³-hybridized carbons (Fsp3) is 0.333. The first kappa shape index (κ1) is 10.5. The molecule has 0 bridgehead atoms. The molecule has 0 atom stereocenters. The Morgan fingerprint density at radius 1 is 1.25 bits per heavy atom. The Balaban J connectivity index is 2.00. The molecule has 1 aromatic carbocycles. The van der Waals surface area contributed by atoms with Crippen molar-refractivity contribution < 1.29 is 4.42 Å². The average molecular weight is 256 g/mol. The van der Waals surface area contributed by atoms with Crippen LogP contribution in [0.2, 0.25) is 10.0 Å². The van der Waals surface area contributed by atoms with E-state index in [1.165, 1.54) is 12.8 Å². The van der Waals surface area contributed by atoms with Crippen LogP contribution < -0.4 is 5.32 Å². The molecule has 0 spiro atoms. The van der Waals surface area contributed by atoms with Gasteiger partial charge in [0.25, 0.3) is 0 Å². The predicted octanol–water partition coefficient (Wildman–Crippen LogP) is 3.99. The Kier molecular flexibility index (Phi) is 2.58. The molecule has 84 valence electrons. The van der Waals surface area contributed by atoms with Crippen LogP contribution >= 0.6 is 23.2 Å². The van der Waals surface area contributed by atoms with Crippen molar-refractivity contribution in [3.8, 4) is 0 Å². The van der Waals surface area contributed by atoms with E-state index in [4.69, 9.17) is 27.6 Å². The van der Waals surface area contributed by atoms with Crippen molar-refractivity contribution in [2.75, 3.05) is 0 Å². The summed E-state index contributed by atoms with van der Waals surface area (Å²) >= 11 is 12.2. The summed E-state index contributed by atoms with van der Waals surface area (Å²) in [6.07, 6.45) is 4.27. The van der Waals surface area contributed by atoms with Gasteiger partial charge in [-0.15, -0.1) is 0 Å². The lowest BCUT2D eigenvalue weighted by atomic mass is 10.2. The molecule has 1 heterocycles. The van der Waals surface area contributed by atoms with Gasteiger partial charge in [-0.05, 0) is 25.0 Å². The van der Waals surface area contributed by atoms with Gasteiger partial charge in [0.15, 0.2) is 5.58 Å². The molecule has 0 aliphatic heterocycles. The van der Waals surface area contributed by atoms with E-state index in [9.17, 15) is 0 Å². The van der Waals surface area contributed by atoms with Crippen LogP contribution in [0.4, 0.5) is 0 Å². The average Bonchev–Trinajstić information content (AvgIpc) is 3.00. The molecular weight excluding hydrogens is 245 g/mol. The molecular formula is C12H11Cl2NO. The molecule has 2 nitrogen and oxygen atoms in total. The van der Waals surface area contributed by atoms with Crippen molar-refractivity contribution in [3.63, 3.8) is 0 Å². The summed E-state index contributed by atoms with van der Waals surface area (Å²) in [5.41, 5.74) is 1.76. The Hall–Kier alpha value is -0.700. The van der Waals surface area contributed by atoms with Gasteiger partial charge < -0.3 is 9.73 Å². The topological polar surface area (TPSA) is 25.2 Å². The number of fused-ring (bicyclic) bond motifs is 1. The summed E-state index contributed by atoms with van der Waals surface area (Å²) in [6.45, 7) is 0.789. The van der Waals surface area contributed by atoms with Gasteiger partial charge in [-0.1, -0.05) is 23.2 Å². The van der Waals surface area contributed by atoms with E-state index >= 15 is 0 Å². The highest BCUT2D eigenvalue weighted by Crippen LogP contribution is 2.34. The van der Waals surface area contributed by atoms with Crippen molar-refractivity contribution in [1.82, 2.24) is 5.32 Å². The Morgan fingerprint density at radius 2 is 2.00 bits per heavy atom. The first-order valence-corrected chi connectivity index (χ1v) is 6.09. The minimum Gasteiger partial charge on any atom is -0.462 e. The third-order valence-electron chi connectivity index (χ3n) is 2.86. The van der Waals surface area contributed by atoms with Crippen molar-refractivity contribution in [1.29, 1.82) is 0 Å². The summed E-state index contributed by atoms with van der Waals surface area (Å²) in [7, 11) is 0. The predicted molar refractivity (Wildman–Crippen MR) is 66.1 cm³/mol. The van der Waals surface area contributed by atoms with E-state index < -0.39 is 0 Å². The molecule has 4 heteroatoms. The van der Waals surface area contributed by atoms with E-state index in [1.54, 1.807) is 12.3 Å². The maximum atomic E-state index is 6.16. The summed E-state index contributed by atoms with van der Waals surface area (Å²) < 4.78 is 5.46. The number of furan rings is 1. The van der Waals surface area contributed by atoms with Crippen molar-refractivity contribution >= 4 is 34.2 Å². The minimum absolute atomic E-state index is 0.608. The monoisotopic (exact) mass is 255 g/mol. The third kappa shape index (κ3) is 1.81. The van der Waals surface area contributed by atoms with Crippen molar-refractivity contribution in [2.45, 2.75) is 25.4 Å². The fourth-order valence-electron chi connectivity index (χ4n) is 1.81. The zero-order valence-corrected chi connectivity index (χ0v) is 10.1. The molecule has 0 saturated heterocycles. The van der Waals surface area contributed by atoms with Gasteiger partial charge in [0.05, 0.1) is 16.3 Å². The van der Waals surface area contributed by atoms with Gasteiger partial charge in [0.1, 0.15) is 0 Å². The minimum atomic E-state index is 0.608. The normalized spacial score (nSPS) is 15.9. The molecule has 1 fully saturated rings. The van der Waals surface area contributed by atoms with E-state index in [-0.39, 0.29) is 0 Å². The number of nitrogens with one attached hydrogen (secondary N) is 1. The zero-order valence-electron chi connectivity index (χ0n) is 8.59. The number of hydrogen-bond donors (Lipinski definition) is 1. The van der Waals surface area contributed by atoms with Crippen LogP contribution in [0.1, 0.15) is 18.4 Å². The lowest BCUT2D eigenvalue weighted by Crippen LogP contribution is -2.14. The first-order valence-electron chi connectivity index (χ1n) is 5.33. The standard InChI is InChI=1S/C12H11Cl2NO/c13-9-3-4-10(14)12-11(9)7(6-16-12)5-15-8-1-2-8/h3-4,6,8,15H,1-2,5H2. The van der Waals surface area contributed by atoms with Gasteiger partial charge in [-0.25, -0.2) is 0 Å². The molecule has 1 aromatic heterocycles. The van der Waals surface area contributed by atoms with Gasteiger partial charge in [-0.2, -0.15) is 0 Å². The summed E-state index contributed by atoms with van der Waals surface area (Å²) in [5.74, 6) is 0. The number of halogens is 2. The van der Waals surface area contributed by atoms with Crippen LogP contribution in [-0.4, -0.2) is 6.04 Å². The van der Waals surface area contributed by atoms with Crippen molar-refractivity contribution in [2.24, 2.45) is 0 Å². The highest BCUT2D eigenvalue weighted by molar-refractivity contribution is 6.39. The Labute approximate surface area is 104 Å². The van der Waals surface area contributed by atoms with Crippen LogP contribution in [0.3, 0.4) is 0 Å². The van der Waals surface area contributed by atoms with Gasteiger partial charge >= 0.3 is 0 Å². The van der Waals surface area contributed by atoms with Crippen LogP contribution in [0.15, 0.2) is 22.8 Å². The Morgan fingerprint density at radius 3 is 2.75 bits per heavy atom. The molecule has 1 N–H and O–H groups in total. The van der Waals surface area contributed by atoms with E-state index in [1.807, 2.05) is 6.07 Å². The highest BCUT2D eigenvalue weighted by atomic mass is 35.5. The van der Waals surface area contributed by atoms with Crippen LogP contribution in [0.25, 0.3) is 11.0 Å². The second-order valence-electron chi connectivity index (χ2n) is 4.15. The molecule has 1 aliphatic rings. The quantitative estimate of drug-likeness (QED) is 0.898. The van der Waals surface area contributed by atoms with Gasteiger partial charge in [-0.3, -0.25) is 0 Å². The van der Waals surface area contributed by atoms with Crippen LogP contribution in [0.5, 0.6) is 0 Å². The molecule has 2 aromatic rings. The summed E-state index contributed by atoms with van der Waals surface area (Å²) in [4.78, 5) is 0. The second kappa shape index (κ2) is 3.95. The van der Waals surface area contributed by atoms with E-state index in [0.717, 1.165) is 17.5 Å². The zero-order chi connectivity index (χ0) is 11.1. The molecule has 3 rings (SSSR count). The summed E-state index contributed by atoms with van der Waals surface area (Å²) in [6, 6.07) is 4.24. The largest absolute Gasteiger partial charge is 0.462 e. The number of rotatable bonds is 3. The smallest absolute Gasteiger partial charge is 0.154 e. The number of benzene rings is 1. The Bertz CT molecular complexity index is 531. The maximum Gasteiger partial charge on any atom is 0.154 e. The molecule has 0 amide bonds. The van der Waals surface area contributed by atoms with Gasteiger partial charge in [0.2, 0.25) is 0 Å². The summed E-state index contributed by atoms with van der Waals surface area (Å²) in [5, 5.41) is 5.67. The lowest BCUT2D eigenvalue weighted by molar-refractivity contribution is 0.601.